The number of amides is 1. The summed E-state index contributed by atoms with van der Waals surface area (Å²) in [7, 11) is 1.67. The summed E-state index contributed by atoms with van der Waals surface area (Å²) in [5, 5.41) is 3.87. The van der Waals surface area contributed by atoms with Crippen LogP contribution in [0.4, 0.5) is 0 Å². The summed E-state index contributed by atoms with van der Waals surface area (Å²) in [6.07, 6.45) is 0. The monoisotopic (exact) mass is 329 g/mol. The molecule has 24 heavy (non-hydrogen) atoms. The van der Waals surface area contributed by atoms with E-state index in [1.54, 1.807) is 14.0 Å². The van der Waals surface area contributed by atoms with Gasteiger partial charge in [-0.05, 0) is 31.5 Å². The van der Waals surface area contributed by atoms with Gasteiger partial charge in [-0.1, -0.05) is 17.3 Å². The number of hydrogen-bond donors (Lipinski definition) is 0. The Kier molecular flexibility index (Phi) is 4.85. The molecule has 0 saturated carbocycles. The van der Waals surface area contributed by atoms with E-state index in [1.807, 2.05) is 24.0 Å². The molecule has 0 atom stereocenters. The van der Waals surface area contributed by atoms with Gasteiger partial charge in [0.05, 0.1) is 12.8 Å². The Morgan fingerprint density at radius 1 is 1.17 bits per heavy atom. The number of carbonyl (C=O) groups excluding carboxylic acids is 1. The van der Waals surface area contributed by atoms with Gasteiger partial charge in [0.1, 0.15) is 17.1 Å². The fourth-order valence-corrected chi connectivity index (χ4v) is 3.04. The summed E-state index contributed by atoms with van der Waals surface area (Å²) >= 11 is 0. The average Bonchev–Trinajstić information content (AvgIpc) is 2.94. The molecule has 1 amide bonds. The lowest BCUT2D eigenvalue weighted by Gasteiger charge is -2.34. The van der Waals surface area contributed by atoms with Crippen LogP contribution < -0.4 is 4.74 Å². The zero-order valence-corrected chi connectivity index (χ0v) is 14.4. The lowest BCUT2D eigenvalue weighted by atomic mass is 10.1. The van der Waals surface area contributed by atoms with Gasteiger partial charge in [-0.15, -0.1) is 0 Å². The van der Waals surface area contributed by atoms with Gasteiger partial charge in [0.25, 0.3) is 5.91 Å². The number of methoxy groups -OCH3 is 1. The van der Waals surface area contributed by atoms with Gasteiger partial charge < -0.3 is 14.2 Å². The Labute approximate surface area is 142 Å². The molecule has 1 saturated heterocycles. The van der Waals surface area contributed by atoms with Crippen LogP contribution in [-0.4, -0.2) is 54.2 Å². The molecule has 1 aromatic carbocycles. The van der Waals surface area contributed by atoms with Crippen molar-refractivity contribution in [3.8, 4) is 5.75 Å². The second-order valence-electron chi connectivity index (χ2n) is 6.12. The number of carbonyl (C=O) groups is 1. The molecule has 3 rings (SSSR count). The predicted molar refractivity (Wildman–Crippen MR) is 90.2 cm³/mol. The molecule has 1 fully saturated rings. The van der Waals surface area contributed by atoms with Crippen molar-refractivity contribution in [1.29, 1.82) is 0 Å². The third-order valence-electron chi connectivity index (χ3n) is 4.47. The molecule has 6 heteroatoms. The summed E-state index contributed by atoms with van der Waals surface area (Å²) < 4.78 is 10.3. The first-order valence-electron chi connectivity index (χ1n) is 8.16. The Hall–Kier alpha value is -2.34. The maximum absolute atomic E-state index is 12.6. The van der Waals surface area contributed by atoms with Crippen LogP contribution in [-0.2, 0) is 6.54 Å². The van der Waals surface area contributed by atoms with E-state index >= 15 is 0 Å². The number of rotatable bonds is 4. The van der Waals surface area contributed by atoms with Gasteiger partial charge in [0.15, 0.2) is 0 Å². The Bertz CT molecular complexity index is 681. The highest BCUT2D eigenvalue weighted by molar-refractivity contribution is 5.96. The van der Waals surface area contributed by atoms with E-state index in [4.69, 9.17) is 9.26 Å². The minimum atomic E-state index is 0.0235. The lowest BCUT2D eigenvalue weighted by Crippen LogP contribution is -2.48. The highest BCUT2D eigenvalue weighted by Gasteiger charge is 2.26. The quantitative estimate of drug-likeness (QED) is 0.861. The van der Waals surface area contributed by atoms with E-state index in [2.05, 4.69) is 22.2 Å². The van der Waals surface area contributed by atoms with Crippen LogP contribution in [0.25, 0.3) is 0 Å². The van der Waals surface area contributed by atoms with Crippen LogP contribution in [0.2, 0.25) is 0 Å². The van der Waals surface area contributed by atoms with Crippen molar-refractivity contribution < 1.29 is 14.1 Å². The van der Waals surface area contributed by atoms with Crippen LogP contribution in [0.15, 0.2) is 28.8 Å². The van der Waals surface area contributed by atoms with E-state index in [1.165, 1.54) is 5.56 Å². The normalized spacial score (nSPS) is 15.5. The summed E-state index contributed by atoms with van der Waals surface area (Å²) in [5.74, 6) is 1.49. The van der Waals surface area contributed by atoms with E-state index in [0.717, 1.165) is 38.5 Å². The molecule has 1 aliphatic rings. The minimum absolute atomic E-state index is 0.0235. The van der Waals surface area contributed by atoms with Crippen LogP contribution in [0.3, 0.4) is 0 Å². The molecule has 6 nitrogen and oxygen atoms in total. The number of hydrogen-bond acceptors (Lipinski definition) is 5. The minimum Gasteiger partial charge on any atom is -0.497 e. The molecule has 0 radical (unpaired) electrons. The van der Waals surface area contributed by atoms with Crippen molar-refractivity contribution in [2.45, 2.75) is 20.4 Å². The van der Waals surface area contributed by atoms with Crippen molar-refractivity contribution >= 4 is 5.91 Å². The molecule has 2 aromatic rings. The Balaban J connectivity index is 1.56. The molecule has 0 bridgehead atoms. The average molecular weight is 329 g/mol. The number of aromatic nitrogens is 1. The SMILES string of the molecule is COc1ccc(CN2CCN(C(=O)c3c(C)noc3C)CC2)cc1. The van der Waals surface area contributed by atoms with Gasteiger partial charge in [-0.2, -0.15) is 0 Å². The molecular formula is C18H23N3O3. The van der Waals surface area contributed by atoms with Gasteiger partial charge in [-0.25, -0.2) is 0 Å². The van der Waals surface area contributed by atoms with Gasteiger partial charge >= 0.3 is 0 Å². The third kappa shape index (κ3) is 3.43. The van der Waals surface area contributed by atoms with E-state index in [9.17, 15) is 4.79 Å². The maximum atomic E-state index is 12.6. The molecule has 2 heterocycles. The van der Waals surface area contributed by atoms with Crippen LogP contribution in [0, 0.1) is 13.8 Å². The first-order chi connectivity index (χ1) is 11.6. The van der Waals surface area contributed by atoms with Crippen molar-refractivity contribution in [1.82, 2.24) is 15.0 Å². The molecule has 0 spiro atoms. The standard InChI is InChI=1S/C18H23N3O3/c1-13-17(14(2)24-19-13)18(22)21-10-8-20(9-11-21)12-15-4-6-16(23-3)7-5-15/h4-7H,8-12H2,1-3H3. The second-order valence-corrected chi connectivity index (χ2v) is 6.12. The van der Waals surface area contributed by atoms with Crippen molar-refractivity contribution in [2.24, 2.45) is 0 Å². The zero-order valence-electron chi connectivity index (χ0n) is 14.4. The zero-order chi connectivity index (χ0) is 17.1. The maximum Gasteiger partial charge on any atom is 0.259 e. The van der Waals surface area contributed by atoms with Gasteiger partial charge in [-0.3, -0.25) is 9.69 Å². The summed E-state index contributed by atoms with van der Waals surface area (Å²) in [6, 6.07) is 8.12. The van der Waals surface area contributed by atoms with Gasteiger partial charge in [0.2, 0.25) is 0 Å². The number of piperazine rings is 1. The number of nitrogens with zero attached hydrogens (tertiary/aromatic N) is 3. The highest BCUT2D eigenvalue weighted by atomic mass is 16.5. The van der Waals surface area contributed by atoms with Crippen LogP contribution in [0.1, 0.15) is 27.4 Å². The van der Waals surface area contributed by atoms with Crippen molar-refractivity contribution in [3.05, 3.63) is 46.8 Å². The lowest BCUT2D eigenvalue weighted by molar-refractivity contribution is 0.0626. The Morgan fingerprint density at radius 2 is 1.83 bits per heavy atom. The molecule has 0 unspecified atom stereocenters. The fourth-order valence-electron chi connectivity index (χ4n) is 3.04. The molecule has 0 N–H and O–H groups in total. The first kappa shape index (κ1) is 16.5. The number of aryl methyl sites for hydroxylation is 2. The van der Waals surface area contributed by atoms with E-state index in [-0.39, 0.29) is 5.91 Å². The third-order valence-corrected chi connectivity index (χ3v) is 4.47. The summed E-state index contributed by atoms with van der Waals surface area (Å²) in [5.41, 5.74) is 2.53. The largest absolute Gasteiger partial charge is 0.497 e. The van der Waals surface area contributed by atoms with Crippen LogP contribution in [0.5, 0.6) is 5.75 Å². The van der Waals surface area contributed by atoms with E-state index < -0.39 is 0 Å². The predicted octanol–water partition coefficient (Wildman–Crippen LogP) is 2.26. The number of ether oxygens (including phenoxy) is 1. The molecular weight excluding hydrogens is 306 g/mol. The molecule has 1 aliphatic heterocycles. The van der Waals surface area contributed by atoms with Gasteiger partial charge in [0, 0.05) is 32.7 Å². The molecule has 1 aromatic heterocycles. The Morgan fingerprint density at radius 3 is 2.38 bits per heavy atom. The highest BCUT2D eigenvalue weighted by Crippen LogP contribution is 2.18. The van der Waals surface area contributed by atoms with Crippen molar-refractivity contribution in [3.63, 3.8) is 0 Å². The first-order valence-corrected chi connectivity index (χ1v) is 8.16. The van der Waals surface area contributed by atoms with E-state index in [0.29, 0.717) is 17.0 Å². The topological polar surface area (TPSA) is 58.8 Å². The molecule has 128 valence electrons. The smallest absolute Gasteiger partial charge is 0.259 e. The number of benzene rings is 1. The molecule has 0 aliphatic carbocycles. The van der Waals surface area contributed by atoms with Crippen LogP contribution >= 0.6 is 0 Å². The van der Waals surface area contributed by atoms with Crippen molar-refractivity contribution in [2.75, 3.05) is 33.3 Å². The summed E-state index contributed by atoms with van der Waals surface area (Å²) in [6.45, 7) is 7.65. The second kappa shape index (κ2) is 7.05. The summed E-state index contributed by atoms with van der Waals surface area (Å²) in [4.78, 5) is 16.9. The fraction of sp³-hybridized carbons (Fsp3) is 0.444.